The van der Waals surface area contributed by atoms with Crippen molar-refractivity contribution in [3.8, 4) is 0 Å². The summed E-state index contributed by atoms with van der Waals surface area (Å²) in [6, 6.07) is 2.58. The number of hydrogen-bond acceptors (Lipinski definition) is 3. The van der Waals surface area contributed by atoms with Crippen molar-refractivity contribution in [1.82, 2.24) is 15.1 Å². The lowest BCUT2D eigenvalue weighted by atomic mass is 10.2. The summed E-state index contributed by atoms with van der Waals surface area (Å²) in [5.41, 5.74) is 0. The van der Waals surface area contributed by atoms with Crippen molar-refractivity contribution in [3.63, 3.8) is 0 Å². The van der Waals surface area contributed by atoms with Crippen LogP contribution in [0.3, 0.4) is 0 Å². The summed E-state index contributed by atoms with van der Waals surface area (Å²) in [6.07, 6.45) is -2.69. The topological polar surface area (TPSA) is 48.7 Å². The van der Waals surface area contributed by atoms with Crippen molar-refractivity contribution in [3.05, 3.63) is 24.2 Å². The van der Waals surface area contributed by atoms with Gasteiger partial charge in [-0.1, -0.05) is 0 Å². The fourth-order valence-electron chi connectivity index (χ4n) is 2.53. The molecule has 2 heterocycles. The maximum Gasteiger partial charge on any atom is 0.401 e. The molecule has 1 aromatic rings. The molecule has 0 spiro atoms. The SMILES string of the molecule is C[C@@H](NC(=O)N1CCN(CC(F)(F)F)[C@@H](C)C1)c1ccco1. The summed E-state index contributed by atoms with van der Waals surface area (Å²) >= 11 is 0. The zero-order valence-electron chi connectivity index (χ0n) is 12.6. The van der Waals surface area contributed by atoms with Crippen LogP contribution < -0.4 is 5.32 Å². The lowest BCUT2D eigenvalue weighted by molar-refractivity contribution is -0.153. The van der Waals surface area contributed by atoms with Crippen LogP contribution in [0.25, 0.3) is 0 Å². The highest BCUT2D eigenvalue weighted by Gasteiger charge is 2.36. The lowest BCUT2D eigenvalue weighted by Gasteiger charge is -2.40. The van der Waals surface area contributed by atoms with Gasteiger partial charge >= 0.3 is 12.2 Å². The number of amides is 2. The Labute approximate surface area is 127 Å². The summed E-state index contributed by atoms with van der Waals surface area (Å²) in [5, 5.41) is 2.79. The molecule has 1 aliphatic heterocycles. The molecule has 2 amide bonds. The van der Waals surface area contributed by atoms with Gasteiger partial charge in [0.1, 0.15) is 5.76 Å². The van der Waals surface area contributed by atoms with Gasteiger partial charge in [-0.25, -0.2) is 4.79 Å². The molecule has 1 saturated heterocycles. The van der Waals surface area contributed by atoms with E-state index in [9.17, 15) is 18.0 Å². The van der Waals surface area contributed by atoms with E-state index in [1.165, 1.54) is 16.1 Å². The van der Waals surface area contributed by atoms with Crippen molar-refractivity contribution >= 4 is 6.03 Å². The van der Waals surface area contributed by atoms with Crippen LogP contribution in [0.2, 0.25) is 0 Å². The highest BCUT2D eigenvalue weighted by atomic mass is 19.4. The van der Waals surface area contributed by atoms with Gasteiger partial charge in [-0.3, -0.25) is 4.90 Å². The molecule has 0 unspecified atom stereocenters. The Morgan fingerprint density at radius 1 is 1.50 bits per heavy atom. The molecule has 1 fully saturated rings. The molecule has 2 rings (SSSR count). The van der Waals surface area contributed by atoms with Crippen molar-refractivity contribution in [2.45, 2.75) is 32.1 Å². The molecule has 0 radical (unpaired) electrons. The molecule has 8 heteroatoms. The summed E-state index contributed by atoms with van der Waals surface area (Å²) in [7, 11) is 0. The van der Waals surface area contributed by atoms with Crippen LogP contribution in [-0.2, 0) is 0 Å². The third-order valence-electron chi connectivity index (χ3n) is 3.74. The largest absolute Gasteiger partial charge is 0.467 e. The smallest absolute Gasteiger partial charge is 0.401 e. The molecule has 0 bridgehead atoms. The van der Waals surface area contributed by atoms with Crippen molar-refractivity contribution in [2.75, 3.05) is 26.2 Å². The minimum Gasteiger partial charge on any atom is -0.467 e. The number of nitrogens with zero attached hydrogens (tertiary/aromatic N) is 2. The second kappa shape index (κ2) is 6.60. The van der Waals surface area contributed by atoms with Crippen LogP contribution in [-0.4, -0.2) is 54.2 Å². The number of rotatable bonds is 3. The van der Waals surface area contributed by atoms with Gasteiger partial charge in [0.25, 0.3) is 0 Å². The highest BCUT2D eigenvalue weighted by molar-refractivity contribution is 5.74. The van der Waals surface area contributed by atoms with Crippen LogP contribution in [0, 0.1) is 0 Å². The monoisotopic (exact) mass is 319 g/mol. The van der Waals surface area contributed by atoms with Gasteiger partial charge in [0, 0.05) is 25.7 Å². The molecular weight excluding hydrogens is 299 g/mol. The average molecular weight is 319 g/mol. The Kier molecular flexibility index (Phi) is 5.00. The quantitative estimate of drug-likeness (QED) is 0.932. The second-order valence-corrected chi connectivity index (χ2v) is 5.57. The minimum atomic E-state index is -4.22. The molecule has 1 aliphatic rings. The highest BCUT2D eigenvalue weighted by Crippen LogP contribution is 2.20. The molecule has 5 nitrogen and oxygen atoms in total. The van der Waals surface area contributed by atoms with Crippen LogP contribution in [0.5, 0.6) is 0 Å². The number of furan rings is 1. The van der Waals surface area contributed by atoms with Gasteiger partial charge in [-0.2, -0.15) is 13.2 Å². The standard InChI is InChI=1S/C14H20F3N3O2/c1-10-8-19(5-6-20(10)9-14(15,16)17)13(21)18-11(2)12-4-3-7-22-12/h3-4,7,10-11H,5-6,8-9H2,1-2H3,(H,18,21)/t10-,11+/m0/s1. The van der Waals surface area contributed by atoms with Gasteiger partial charge in [-0.15, -0.1) is 0 Å². The number of hydrogen-bond donors (Lipinski definition) is 1. The first-order chi connectivity index (χ1) is 10.3. The first-order valence-corrected chi connectivity index (χ1v) is 7.16. The van der Waals surface area contributed by atoms with E-state index >= 15 is 0 Å². The van der Waals surface area contributed by atoms with E-state index in [4.69, 9.17) is 4.42 Å². The molecule has 0 saturated carbocycles. The van der Waals surface area contributed by atoms with Gasteiger partial charge in [-0.05, 0) is 26.0 Å². The molecule has 0 aliphatic carbocycles. The number of piperazine rings is 1. The second-order valence-electron chi connectivity index (χ2n) is 5.57. The predicted molar refractivity (Wildman–Crippen MR) is 74.3 cm³/mol. The number of carbonyl (C=O) groups excluding carboxylic acids is 1. The van der Waals surface area contributed by atoms with Crippen molar-refractivity contribution in [2.24, 2.45) is 0 Å². The Morgan fingerprint density at radius 3 is 2.77 bits per heavy atom. The van der Waals surface area contributed by atoms with E-state index in [0.29, 0.717) is 5.76 Å². The van der Waals surface area contributed by atoms with E-state index in [-0.39, 0.29) is 37.7 Å². The van der Waals surface area contributed by atoms with Crippen LogP contribution in [0.15, 0.2) is 22.8 Å². The Morgan fingerprint density at radius 2 is 2.23 bits per heavy atom. The first kappa shape index (κ1) is 16.7. The van der Waals surface area contributed by atoms with Gasteiger partial charge in [0.15, 0.2) is 0 Å². The van der Waals surface area contributed by atoms with Crippen LogP contribution >= 0.6 is 0 Å². The van der Waals surface area contributed by atoms with Gasteiger partial charge < -0.3 is 14.6 Å². The zero-order valence-corrected chi connectivity index (χ0v) is 12.6. The number of nitrogens with one attached hydrogen (secondary N) is 1. The zero-order chi connectivity index (χ0) is 16.3. The summed E-state index contributed by atoms with van der Waals surface area (Å²) in [6.45, 7) is 3.31. The Bertz CT molecular complexity index is 490. The van der Waals surface area contributed by atoms with Crippen LogP contribution in [0.4, 0.5) is 18.0 Å². The molecular formula is C14H20F3N3O2. The molecule has 2 atom stereocenters. The maximum absolute atomic E-state index is 12.5. The number of alkyl halides is 3. The van der Waals surface area contributed by atoms with Gasteiger partial charge in [0.2, 0.25) is 0 Å². The number of carbonyl (C=O) groups is 1. The number of halogens is 3. The normalized spacial score (nSPS) is 21.7. The van der Waals surface area contributed by atoms with E-state index < -0.39 is 12.7 Å². The third-order valence-corrected chi connectivity index (χ3v) is 3.74. The van der Waals surface area contributed by atoms with Crippen LogP contribution in [0.1, 0.15) is 25.6 Å². The maximum atomic E-state index is 12.5. The average Bonchev–Trinajstić information content (AvgIpc) is 2.93. The Balaban J connectivity index is 1.86. The van der Waals surface area contributed by atoms with Gasteiger partial charge in [0.05, 0.1) is 18.8 Å². The third kappa shape index (κ3) is 4.40. The van der Waals surface area contributed by atoms with E-state index in [1.807, 2.05) is 0 Å². The lowest BCUT2D eigenvalue weighted by Crippen LogP contribution is -2.57. The van der Waals surface area contributed by atoms with E-state index in [1.54, 1.807) is 26.0 Å². The molecule has 1 N–H and O–H groups in total. The van der Waals surface area contributed by atoms with Crippen molar-refractivity contribution < 1.29 is 22.4 Å². The van der Waals surface area contributed by atoms with E-state index in [0.717, 1.165) is 0 Å². The summed E-state index contributed by atoms with van der Waals surface area (Å²) in [4.78, 5) is 15.1. The molecule has 124 valence electrons. The molecule has 22 heavy (non-hydrogen) atoms. The molecule has 1 aromatic heterocycles. The fraction of sp³-hybridized carbons (Fsp3) is 0.643. The van der Waals surface area contributed by atoms with Crippen molar-refractivity contribution in [1.29, 1.82) is 0 Å². The van der Waals surface area contributed by atoms with E-state index in [2.05, 4.69) is 5.32 Å². The first-order valence-electron chi connectivity index (χ1n) is 7.16. The fourth-order valence-corrected chi connectivity index (χ4v) is 2.53. The summed E-state index contributed by atoms with van der Waals surface area (Å²) in [5.74, 6) is 0.636. The number of urea groups is 1. The molecule has 0 aromatic carbocycles. The Hall–Kier alpha value is -1.70. The summed E-state index contributed by atoms with van der Waals surface area (Å²) < 4.78 is 42.6. The predicted octanol–water partition coefficient (Wildman–Crippen LogP) is 2.62. The minimum absolute atomic E-state index is 0.212.